The normalized spacial score (nSPS) is 24.3. The third-order valence-corrected chi connectivity index (χ3v) is 7.93. The van der Waals surface area contributed by atoms with Crippen LogP contribution in [0.2, 0.25) is 0 Å². The molecule has 3 aromatic rings. The molecule has 0 aliphatic carbocycles. The van der Waals surface area contributed by atoms with Gasteiger partial charge in [0.1, 0.15) is 11.5 Å². The smallest absolute Gasteiger partial charge is 0.227 e. The molecule has 9 nitrogen and oxygen atoms in total. The van der Waals surface area contributed by atoms with Crippen molar-refractivity contribution in [1.29, 1.82) is 0 Å². The highest BCUT2D eigenvalue weighted by atomic mass is 32.2. The quantitative estimate of drug-likeness (QED) is 0.635. The summed E-state index contributed by atoms with van der Waals surface area (Å²) in [5.74, 6) is -0.0000110. The first-order valence-corrected chi connectivity index (χ1v) is 11.8. The van der Waals surface area contributed by atoms with Gasteiger partial charge in [-0.25, -0.2) is 13.4 Å². The Morgan fingerprint density at radius 2 is 1.97 bits per heavy atom. The number of H-pyrrole nitrogens is 1. The van der Waals surface area contributed by atoms with E-state index in [4.69, 9.17) is 0 Å². The van der Waals surface area contributed by atoms with E-state index in [9.17, 15) is 13.5 Å². The molecule has 2 fully saturated rings. The molecule has 10 heteroatoms. The van der Waals surface area contributed by atoms with Crippen LogP contribution in [-0.4, -0.2) is 88.4 Å². The van der Waals surface area contributed by atoms with E-state index in [1.54, 1.807) is 19.3 Å². The molecule has 1 atom stereocenters. The van der Waals surface area contributed by atoms with E-state index < -0.39 is 15.6 Å². The van der Waals surface area contributed by atoms with E-state index in [2.05, 4.69) is 19.9 Å². The lowest BCUT2D eigenvalue weighted by atomic mass is 10.1. The van der Waals surface area contributed by atoms with Crippen molar-refractivity contribution in [3.05, 3.63) is 30.7 Å². The lowest BCUT2D eigenvalue weighted by Gasteiger charge is -2.36. The summed E-state index contributed by atoms with van der Waals surface area (Å²) in [6, 6.07) is 4.04. The number of nitrogens with zero attached hydrogens (tertiary/aromatic N) is 5. The predicted octanol–water partition coefficient (Wildman–Crippen LogP) is 0.977. The zero-order chi connectivity index (χ0) is 20.9. The van der Waals surface area contributed by atoms with Crippen LogP contribution < -0.4 is 4.90 Å². The number of hydrogen-bond acceptors (Lipinski definition) is 7. The van der Waals surface area contributed by atoms with Gasteiger partial charge in [0.15, 0.2) is 0 Å². The Kier molecular flexibility index (Phi) is 4.69. The van der Waals surface area contributed by atoms with Crippen LogP contribution in [0.15, 0.2) is 30.7 Å². The van der Waals surface area contributed by atoms with Gasteiger partial charge >= 0.3 is 0 Å². The van der Waals surface area contributed by atoms with Gasteiger partial charge in [-0.05, 0) is 25.5 Å². The Hall–Kier alpha value is -2.27. The van der Waals surface area contributed by atoms with Crippen molar-refractivity contribution in [1.82, 2.24) is 24.2 Å². The molecule has 160 valence electrons. The largest absolute Gasteiger partial charge is 0.389 e. The highest BCUT2D eigenvalue weighted by Crippen LogP contribution is 2.31. The molecule has 2 aliphatic heterocycles. The number of β-amino-alcohol motifs (C(OH)–C–C–N with tert-alkyl or cyclic N) is 1. The van der Waals surface area contributed by atoms with E-state index in [0.29, 0.717) is 26.1 Å². The van der Waals surface area contributed by atoms with Gasteiger partial charge in [0.05, 0.1) is 17.3 Å². The van der Waals surface area contributed by atoms with Gasteiger partial charge in [-0.3, -0.25) is 9.88 Å². The average molecular weight is 431 g/mol. The topological polar surface area (TPSA) is 106 Å². The number of anilines is 1. The average Bonchev–Trinajstić information content (AvgIpc) is 3.34. The summed E-state index contributed by atoms with van der Waals surface area (Å²) in [6.45, 7) is 5.06. The lowest BCUT2D eigenvalue weighted by molar-refractivity contribution is 0.0761. The molecule has 0 radical (unpaired) electrons. The number of rotatable bonds is 4. The maximum Gasteiger partial charge on any atom is 0.227 e. The second-order valence-electron chi connectivity index (χ2n) is 8.52. The van der Waals surface area contributed by atoms with E-state index in [1.807, 2.05) is 23.2 Å². The number of hydrogen-bond donors (Lipinski definition) is 2. The molecule has 30 heavy (non-hydrogen) atoms. The summed E-state index contributed by atoms with van der Waals surface area (Å²) < 4.78 is 27.0. The maximum atomic E-state index is 12.8. The molecule has 1 unspecified atom stereocenters. The van der Waals surface area contributed by atoms with E-state index in [-0.39, 0.29) is 12.4 Å². The number of nitrogens with one attached hydrogen (secondary N) is 1. The molecule has 0 amide bonds. The van der Waals surface area contributed by atoms with Crippen molar-refractivity contribution in [3.8, 4) is 0 Å². The second kappa shape index (κ2) is 7.16. The maximum absolute atomic E-state index is 12.8. The summed E-state index contributed by atoms with van der Waals surface area (Å²) in [4.78, 5) is 16.3. The van der Waals surface area contributed by atoms with Crippen LogP contribution in [0.25, 0.3) is 21.9 Å². The van der Waals surface area contributed by atoms with Gasteiger partial charge < -0.3 is 15.0 Å². The second-order valence-corrected chi connectivity index (χ2v) is 10.5. The van der Waals surface area contributed by atoms with Crippen LogP contribution in [0, 0.1) is 0 Å². The zero-order valence-electron chi connectivity index (χ0n) is 17.0. The fourth-order valence-electron chi connectivity index (χ4n) is 4.47. The number of aliphatic hydroxyl groups is 1. The molecular formula is C20H26N6O3S. The van der Waals surface area contributed by atoms with Crippen LogP contribution in [0.3, 0.4) is 0 Å². The summed E-state index contributed by atoms with van der Waals surface area (Å²) >= 11 is 0. The SMILES string of the molecule is CC1(O)CCN(S(=O)(=O)CN2CCN(c3ccnc4cnc5[nH]ccc5c34)CC2)C1. The minimum absolute atomic E-state index is 0.0000110. The molecule has 3 aromatic heterocycles. The van der Waals surface area contributed by atoms with Gasteiger partial charge in [-0.2, -0.15) is 4.31 Å². The molecule has 0 aromatic carbocycles. The molecule has 2 saturated heterocycles. The third-order valence-electron chi connectivity index (χ3n) is 6.14. The van der Waals surface area contributed by atoms with Crippen molar-refractivity contribution in [2.75, 3.05) is 50.0 Å². The molecular weight excluding hydrogens is 404 g/mol. The molecule has 5 heterocycles. The first-order chi connectivity index (χ1) is 14.3. The van der Waals surface area contributed by atoms with Crippen molar-refractivity contribution in [3.63, 3.8) is 0 Å². The number of fused-ring (bicyclic) bond motifs is 3. The monoisotopic (exact) mass is 430 g/mol. The molecule has 2 N–H and O–H groups in total. The first kappa shape index (κ1) is 19.7. The fourth-order valence-corrected chi connectivity index (χ4v) is 6.20. The van der Waals surface area contributed by atoms with E-state index >= 15 is 0 Å². The van der Waals surface area contributed by atoms with E-state index in [1.165, 1.54) is 4.31 Å². The Labute approximate surface area is 175 Å². The molecule has 0 saturated carbocycles. The summed E-state index contributed by atoms with van der Waals surface area (Å²) in [5, 5.41) is 12.2. The number of aromatic nitrogens is 3. The highest BCUT2D eigenvalue weighted by molar-refractivity contribution is 7.89. The minimum atomic E-state index is -3.41. The Bertz CT molecular complexity index is 1180. The van der Waals surface area contributed by atoms with Crippen molar-refractivity contribution < 1.29 is 13.5 Å². The number of pyridine rings is 2. The van der Waals surface area contributed by atoms with Gasteiger partial charge in [0.2, 0.25) is 10.0 Å². The summed E-state index contributed by atoms with van der Waals surface area (Å²) in [6.07, 6.45) is 5.95. The fraction of sp³-hybridized carbons (Fsp3) is 0.500. The summed E-state index contributed by atoms with van der Waals surface area (Å²) in [5.41, 5.74) is 1.87. The molecule has 2 aliphatic rings. The zero-order valence-corrected chi connectivity index (χ0v) is 17.8. The number of sulfonamides is 1. The Morgan fingerprint density at radius 1 is 1.17 bits per heavy atom. The van der Waals surface area contributed by atoms with Crippen LogP contribution in [-0.2, 0) is 10.0 Å². The standard InChI is InChI=1S/C20H26N6O3S/c1-20(27)4-7-26(13-20)30(28,29)14-24-8-10-25(11-9-24)17-3-6-21-16-12-23-19-15(18(16)17)2-5-22-19/h2-3,5-6,12,27H,4,7-11,13-14H2,1H3,(H,22,23). The van der Waals surface area contributed by atoms with Gasteiger partial charge in [-0.15, -0.1) is 0 Å². The molecule has 0 spiro atoms. The predicted molar refractivity (Wildman–Crippen MR) is 116 cm³/mol. The van der Waals surface area contributed by atoms with Gasteiger partial charge in [0.25, 0.3) is 0 Å². The van der Waals surface area contributed by atoms with Crippen LogP contribution in [0.1, 0.15) is 13.3 Å². The molecule has 0 bridgehead atoms. The van der Waals surface area contributed by atoms with Crippen LogP contribution in [0.5, 0.6) is 0 Å². The Morgan fingerprint density at radius 3 is 2.70 bits per heavy atom. The highest BCUT2D eigenvalue weighted by Gasteiger charge is 2.38. The number of piperazine rings is 1. The van der Waals surface area contributed by atoms with Crippen LogP contribution in [0.4, 0.5) is 5.69 Å². The third kappa shape index (κ3) is 3.53. The summed E-state index contributed by atoms with van der Waals surface area (Å²) in [7, 11) is -3.41. The Balaban J connectivity index is 1.32. The van der Waals surface area contributed by atoms with Gasteiger partial charge in [-0.1, -0.05) is 0 Å². The van der Waals surface area contributed by atoms with Crippen molar-refractivity contribution in [2.24, 2.45) is 0 Å². The number of aromatic amines is 1. The van der Waals surface area contributed by atoms with Crippen LogP contribution >= 0.6 is 0 Å². The minimum Gasteiger partial charge on any atom is -0.389 e. The van der Waals surface area contributed by atoms with Gasteiger partial charge in [0, 0.05) is 68.1 Å². The van der Waals surface area contributed by atoms with Crippen molar-refractivity contribution >= 4 is 37.6 Å². The lowest BCUT2D eigenvalue weighted by Crippen LogP contribution is -2.50. The first-order valence-electron chi connectivity index (χ1n) is 10.2. The molecule has 5 rings (SSSR count). The van der Waals surface area contributed by atoms with Crippen molar-refractivity contribution in [2.45, 2.75) is 18.9 Å². The van der Waals surface area contributed by atoms with E-state index in [0.717, 1.165) is 40.7 Å².